The van der Waals surface area contributed by atoms with Crippen LogP contribution < -0.4 is 0 Å². The minimum absolute atomic E-state index is 0.265. The second kappa shape index (κ2) is 5.00. The van der Waals surface area contributed by atoms with Gasteiger partial charge in [0.1, 0.15) is 5.69 Å². The Bertz CT molecular complexity index is 798. The van der Waals surface area contributed by atoms with Crippen molar-refractivity contribution >= 4 is 22.4 Å². The normalized spacial score (nSPS) is 11.8. The van der Waals surface area contributed by atoms with Crippen molar-refractivity contribution < 1.29 is 13.2 Å². The highest BCUT2D eigenvalue weighted by molar-refractivity contribution is 6.34. The summed E-state index contributed by atoms with van der Waals surface area (Å²) in [4.78, 5) is 0. The fourth-order valence-corrected chi connectivity index (χ4v) is 2.30. The van der Waals surface area contributed by atoms with Crippen LogP contribution in [0.2, 0.25) is 5.15 Å². The van der Waals surface area contributed by atoms with Crippen LogP contribution >= 0.6 is 11.6 Å². The highest BCUT2D eigenvalue weighted by Gasteiger charge is 2.30. The van der Waals surface area contributed by atoms with Crippen LogP contribution in [0.15, 0.2) is 48.5 Å². The van der Waals surface area contributed by atoms with E-state index in [0.717, 1.165) is 17.5 Å². The smallest absolute Gasteiger partial charge is 0.166 e. The molecule has 0 fully saturated rings. The van der Waals surface area contributed by atoms with Crippen molar-refractivity contribution in [1.82, 2.24) is 10.2 Å². The zero-order valence-corrected chi connectivity index (χ0v) is 11.3. The maximum Gasteiger partial charge on any atom is 0.416 e. The van der Waals surface area contributed by atoms with E-state index in [-0.39, 0.29) is 5.15 Å². The quantitative estimate of drug-likeness (QED) is 0.634. The predicted octanol–water partition coefficient (Wildman–Crippen LogP) is 4.97. The van der Waals surface area contributed by atoms with Gasteiger partial charge in [0.25, 0.3) is 0 Å². The van der Waals surface area contributed by atoms with Gasteiger partial charge in [-0.05, 0) is 12.1 Å². The molecule has 3 rings (SSSR count). The molecule has 0 bridgehead atoms. The van der Waals surface area contributed by atoms with Crippen LogP contribution in [0.25, 0.3) is 22.0 Å². The molecule has 21 heavy (non-hydrogen) atoms. The van der Waals surface area contributed by atoms with Crippen LogP contribution in [-0.4, -0.2) is 10.2 Å². The van der Waals surface area contributed by atoms with E-state index in [1.807, 2.05) is 18.2 Å². The molecule has 0 saturated heterocycles. The molecule has 0 saturated carbocycles. The molecule has 0 radical (unpaired) electrons. The summed E-state index contributed by atoms with van der Waals surface area (Å²) < 4.78 is 37.7. The number of rotatable bonds is 1. The number of hydrogen-bond donors (Lipinski definition) is 0. The number of aromatic nitrogens is 2. The Morgan fingerprint density at radius 1 is 0.810 bits per heavy atom. The average Bonchev–Trinajstić information content (AvgIpc) is 2.47. The summed E-state index contributed by atoms with van der Waals surface area (Å²) in [5.41, 5.74) is 0.365. The van der Waals surface area contributed by atoms with Crippen molar-refractivity contribution in [3.63, 3.8) is 0 Å². The van der Waals surface area contributed by atoms with E-state index >= 15 is 0 Å². The van der Waals surface area contributed by atoms with Gasteiger partial charge in [0.15, 0.2) is 5.15 Å². The van der Waals surface area contributed by atoms with E-state index in [9.17, 15) is 13.2 Å². The molecule has 0 N–H and O–H groups in total. The number of alkyl halides is 3. The van der Waals surface area contributed by atoms with Gasteiger partial charge < -0.3 is 0 Å². The third kappa shape index (κ3) is 2.56. The van der Waals surface area contributed by atoms with E-state index in [1.165, 1.54) is 12.1 Å². The Hall–Kier alpha value is -2.14. The molecule has 1 aromatic heterocycles. The molecular weight excluding hydrogens is 301 g/mol. The minimum Gasteiger partial charge on any atom is -0.166 e. The van der Waals surface area contributed by atoms with Gasteiger partial charge in [-0.3, -0.25) is 0 Å². The Morgan fingerprint density at radius 3 is 2.05 bits per heavy atom. The van der Waals surface area contributed by atoms with Crippen molar-refractivity contribution in [3.05, 3.63) is 59.2 Å². The Morgan fingerprint density at radius 2 is 1.43 bits per heavy atom. The van der Waals surface area contributed by atoms with Gasteiger partial charge in [0.05, 0.1) is 5.56 Å². The third-order valence-corrected chi connectivity index (χ3v) is 3.41. The first kappa shape index (κ1) is 13.8. The van der Waals surface area contributed by atoms with Crippen LogP contribution in [-0.2, 0) is 6.18 Å². The summed E-state index contributed by atoms with van der Waals surface area (Å²) >= 11 is 5.98. The molecule has 0 atom stereocenters. The highest BCUT2D eigenvalue weighted by atomic mass is 35.5. The molecule has 0 aliphatic heterocycles. The van der Waals surface area contributed by atoms with Gasteiger partial charge >= 0.3 is 6.18 Å². The molecule has 1 heterocycles. The number of nitrogens with zero attached hydrogens (tertiary/aromatic N) is 2. The van der Waals surface area contributed by atoms with Crippen LogP contribution in [0.3, 0.4) is 0 Å². The number of benzene rings is 2. The van der Waals surface area contributed by atoms with Crippen molar-refractivity contribution in [2.24, 2.45) is 0 Å². The van der Waals surface area contributed by atoms with Crippen LogP contribution in [0.5, 0.6) is 0 Å². The third-order valence-electron chi connectivity index (χ3n) is 3.13. The lowest BCUT2D eigenvalue weighted by Gasteiger charge is -2.09. The summed E-state index contributed by atoms with van der Waals surface area (Å²) in [6.07, 6.45) is -4.35. The maximum atomic E-state index is 12.6. The van der Waals surface area contributed by atoms with Crippen molar-refractivity contribution in [1.29, 1.82) is 0 Å². The van der Waals surface area contributed by atoms with Crippen LogP contribution in [0.1, 0.15) is 5.56 Å². The lowest BCUT2D eigenvalue weighted by molar-refractivity contribution is -0.137. The van der Waals surface area contributed by atoms with Crippen molar-refractivity contribution in [2.45, 2.75) is 6.18 Å². The summed E-state index contributed by atoms with van der Waals surface area (Å²) in [5, 5.41) is 9.58. The lowest BCUT2D eigenvalue weighted by Crippen LogP contribution is -2.04. The Kier molecular flexibility index (Phi) is 3.29. The van der Waals surface area contributed by atoms with E-state index in [2.05, 4.69) is 10.2 Å². The summed E-state index contributed by atoms with van der Waals surface area (Å²) in [6, 6.07) is 12.0. The molecule has 0 spiro atoms. The van der Waals surface area contributed by atoms with Gasteiger partial charge in [0.2, 0.25) is 0 Å². The van der Waals surface area contributed by atoms with Gasteiger partial charge in [-0.2, -0.15) is 13.2 Å². The summed E-state index contributed by atoms with van der Waals surface area (Å²) in [6.45, 7) is 0. The zero-order valence-electron chi connectivity index (χ0n) is 10.5. The molecule has 0 amide bonds. The van der Waals surface area contributed by atoms with E-state index in [0.29, 0.717) is 16.6 Å². The maximum absolute atomic E-state index is 12.6. The largest absolute Gasteiger partial charge is 0.416 e. The fraction of sp³-hybridized carbons (Fsp3) is 0.0667. The molecule has 2 aromatic carbocycles. The molecule has 3 aromatic rings. The second-order valence-electron chi connectivity index (χ2n) is 4.46. The number of hydrogen-bond acceptors (Lipinski definition) is 2. The first-order chi connectivity index (χ1) is 9.97. The Labute approximate surface area is 123 Å². The van der Waals surface area contributed by atoms with Gasteiger partial charge in [-0.25, -0.2) is 0 Å². The molecule has 106 valence electrons. The van der Waals surface area contributed by atoms with Gasteiger partial charge in [-0.15, -0.1) is 10.2 Å². The molecule has 0 unspecified atom stereocenters. The van der Waals surface area contributed by atoms with E-state index < -0.39 is 11.7 Å². The van der Waals surface area contributed by atoms with Crippen molar-refractivity contribution in [2.75, 3.05) is 0 Å². The fourth-order valence-electron chi connectivity index (χ4n) is 2.10. The average molecular weight is 309 g/mol. The molecule has 0 aliphatic rings. The number of halogens is 4. The number of fused-ring (bicyclic) bond motifs is 1. The molecule has 0 aliphatic carbocycles. The highest BCUT2D eigenvalue weighted by Crippen LogP contribution is 2.33. The summed E-state index contributed by atoms with van der Waals surface area (Å²) in [5.74, 6) is 0. The zero-order chi connectivity index (χ0) is 15.0. The van der Waals surface area contributed by atoms with Crippen LogP contribution in [0.4, 0.5) is 13.2 Å². The lowest BCUT2D eigenvalue weighted by atomic mass is 10.0. The molecule has 6 heteroatoms. The van der Waals surface area contributed by atoms with E-state index in [1.54, 1.807) is 6.07 Å². The Balaban J connectivity index is 2.15. The first-order valence-electron chi connectivity index (χ1n) is 6.05. The van der Waals surface area contributed by atoms with Gasteiger partial charge in [0, 0.05) is 16.3 Å². The minimum atomic E-state index is -4.35. The summed E-state index contributed by atoms with van der Waals surface area (Å²) in [7, 11) is 0. The molecular formula is C15H8ClF3N2. The standard InChI is InChI=1S/C15H8ClF3N2/c16-14-12-4-2-1-3-11(12)13(20-21-14)9-5-7-10(8-6-9)15(17,18)19/h1-8H. The first-order valence-corrected chi connectivity index (χ1v) is 6.43. The van der Waals surface area contributed by atoms with Crippen LogP contribution in [0, 0.1) is 0 Å². The monoisotopic (exact) mass is 308 g/mol. The topological polar surface area (TPSA) is 25.8 Å². The predicted molar refractivity (Wildman–Crippen MR) is 75.0 cm³/mol. The van der Waals surface area contributed by atoms with E-state index in [4.69, 9.17) is 11.6 Å². The second-order valence-corrected chi connectivity index (χ2v) is 4.82. The SMILES string of the molecule is FC(F)(F)c1ccc(-c2nnc(Cl)c3ccccc23)cc1. The van der Waals surface area contributed by atoms with Gasteiger partial charge in [-0.1, -0.05) is 48.0 Å². The molecule has 2 nitrogen and oxygen atoms in total. The van der Waals surface area contributed by atoms with Crippen molar-refractivity contribution in [3.8, 4) is 11.3 Å².